The largest absolute Gasteiger partial charge is 0.482 e. The van der Waals surface area contributed by atoms with Crippen molar-refractivity contribution in [2.24, 2.45) is 0 Å². The summed E-state index contributed by atoms with van der Waals surface area (Å²) in [6.07, 6.45) is 1.33. The summed E-state index contributed by atoms with van der Waals surface area (Å²) in [7, 11) is 0. The fourth-order valence-electron chi connectivity index (χ4n) is 1.74. The second kappa shape index (κ2) is 5.85. The number of esters is 1. The van der Waals surface area contributed by atoms with E-state index >= 15 is 0 Å². The van der Waals surface area contributed by atoms with Crippen molar-refractivity contribution < 1.29 is 18.7 Å². The van der Waals surface area contributed by atoms with Crippen molar-refractivity contribution in [1.29, 1.82) is 0 Å². The van der Waals surface area contributed by atoms with E-state index in [2.05, 4.69) is 4.98 Å². The van der Waals surface area contributed by atoms with Gasteiger partial charge >= 0.3 is 5.97 Å². The summed E-state index contributed by atoms with van der Waals surface area (Å²) in [5.74, 6) is 0.428. The maximum absolute atomic E-state index is 11.7. The lowest BCUT2D eigenvalue weighted by atomic mass is 10.3. The van der Waals surface area contributed by atoms with E-state index in [9.17, 15) is 4.79 Å². The molecule has 2 aromatic carbocycles. The summed E-state index contributed by atoms with van der Waals surface area (Å²) in [6, 6.07) is 11.7. The molecule has 5 nitrogen and oxygen atoms in total. The van der Waals surface area contributed by atoms with Crippen molar-refractivity contribution in [1.82, 2.24) is 4.98 Å². The lowest BCUT2D eigenvalue weighted by Crippen LogP contribution is -2.17. The number of halogens is 1. The molecule has 0 aliphatic carbocycles. The zero-order valence-electron chi connectivity index (χ0n) is 10.8. The van der Waals surface area contributed by atoms with Crippen molar-refractivity contribution in [3.05, 3.63) is 53.9 Å². The first-order chi connectivity index (χ1) is 10.2. The van der Waals surface area contributed by atoms with Gasteiger partial charge in [0.15, 0.2) is 18.6 Å². The standard InChI is InChI=1S/C15H10ClNO4/c16-10-1-3-11(4-2-10)19-8-15(18)21-12-5-6-14-13(7-12)17-9-20-14/h1-7,9H,8H2. The van der Waals surface area contributed by atoms with E-state index in [1.807, 2.05) is 0 Å². The van der Waals surface area contributed by atoms with Gasteiger partial charge in [-0.1, -0.05) is 11.6 Å². The Labute approximate surface area is 125 Å². The van der Waals surface area contributed by atoms with E-state index in [1.165, 1.54) is 6.39 Å². The molecule has 0 amide bonds. The first-order valence-electron chi connectivity index (χ1n) is 6.13. The highest BCUT2D eigenvalue weighted by Crippen LogP contribution is 2.20. The summed E-state index contributed by atoms with van der Waals surface area (Å²) in [5, 5.41) is 0.603. The first kappa shape index (κ1) is 13.5. The molecule has 0 N–H and O–H groups in total. The number of ether oxygens (including phenoxy) is 2. The lowest BCUT2D eigenvalue weighted by Gasteiger charge is -2.06. The number of fused-ring (bicyclic) bond motifs is 1. The number of hydrogen-bond donors (Lipinski definition) is 0. The average molecular weight is 304 g/mol. The maximum Gasteiger partial charge on any atom is 0.349 e. The third-order valence-corrected chi connectivity index (χ3v) is 2.96. The summed E-state index contributed by atoms with van der Waals surface area (Å²) < 4.78 is 15.6. The molecule has 3 rings (SSSR count). The van der Waals surface area contributed by atoms with E-state index < -0.39 is 5.97 Å². The zero-order chi connectivity index (χ0) is 14.7. The molecule has 0 fully saturated rings. The predicted octanol–water partition coefficient (Wildman–Crippen LogP) is 3.47. The van der Waals surface area contributed by atoms with Crippen LogP contribution in [-0.2, 0) is 4.79 Å². The highest BCUT2D eigenvalue weighted by Gasteiger charge is 2.08. The Kier molecular flexibility index (Phi) is 3.75. The molecule has 106 valence electrons. The van der Waals surface area contributed by atoms with Crippen LogP contribution in [0.3, 0.4) is 0 Å². The number of oxazole rings is 1. The van der Waals surface area contributed by atoms with Crippen LogP contribution >= 0.6 is 11.6 Å². The van der Waals surface area contributed by atoms with Crippen LogP contribution in [0.2, 0.25) is 5.02 Å². The van der Waals surface area contributed by atoms with Gasteiger partial charge < -0.3 is 13.9 Å². The van der Waals surface area contributed by atoms with Crippen molar-refractivity contribution in [2.75, 3.05) is 6.61 Å². The van der Waals surface area contributed by atoms with Gasteiger partial charge in [-0.2, -0.15) is 0 Å². The third kappa shape index (κ3) is 3.32. The molecule has 1 aromatic heterocycles. The Hall–Kier alpha value is -2.53. The van der Waals surface area contributed by atoms with E-state index in [0.717, 1.165) is 0 Å². The third-order valence-electron chi connectivity index (χ3n) is 2.70. The predicted molar refractivity (Wildman–Crippen MR) is 76.6 cm³/mol. The van der Waals surface area contributed by atoms with Crippen LogP contribution in [0, 0.1) is 0 Å². The fraction of sp³-hybridized carbons (Fsp3) is 0.0667. The van der Waals surface area contributed by atoms with Gasteiger partial charge in [0.05, 0.1) is 0 Å². The molecule has 0 unspecified atom stereocenters. The van der Waals surface area contributed by atoms with Crippen LogP contribution in [0.5, 0.6) is 11.5 Å². The van der Waals surface area contributed by atoms with E-state index in [4.69, 9.17) is 25.5 Å². The molecular formula is C15H10ClNO4. The summed E-state index contributed by atoms with van der Waals surface area (Å²) >= 11 is 5.76. The van der Waals surface area contributed by atoms with E-state index in [0.29, 0.717) is 27.6 Å². The van der Waals surface area contributed by atoms with Gasteiger partial charge in [-0.15, -0.1) is 0 Å². The number of aromatic nitrogens is 1. The topological polar surface area (TPSA) is 61.6 Å². The van der Waals surface area contributed by atoms with Gasteiger partial charge in [-0.25, -0.2) is 9.78 Å². The fourth-order valence-corrected chi connectivity index (χ4v) is 1.86. The number of nitrogens with zero attached hydrogens (tertiary/aromatic N) is 1. The molecule has 0 atom stereocenters. The van der Waals surface area contributed by atoms with Crippen LogP contribution in [0.15, 0.2) is 53.3 Å². The minimum Gasteiger partial charge on any atom is -0.482 e. The summed E-state index contributed by atoms with van der Waals surface area (Å²) in [4.78, 5) is 15.7. The Morgan fingerprint density at radius 3 is 2.71 bits per heavy atom. The zero-order valence-corrected chi connectivity index (χ0v) is 11.5. The molecule has 0 saturated carbocycles. The number of rotatable bonds is 4. The van der Waals surface area contributed by atoms with Gasteiger partial charge in [-0.05, 0) is 36.4 Å². The highest BCUT2D eigenvalue weighted by molar-refractivity contribution is 6.30. The van der Waals surface area contributed by atoms with Gasteiger partial charge in [0.25, 0.3) is 0 Å². The van der Waals surface area contributed by atoms with Crippen LogP contribution in [0.1, 0.15) is 0 Å². The van der Waals surface area contributed by atoms with E-state index in [1.54, 1.807) is 42.5 Å². The molecule has 0 bridgehead atoms. The Morgan fingerprint density at radius 1 is 1.14 bits per heavy atom. The molecule has 6 heteroatoms. The summed E-state index contributed by atoms with van der Waals surface area (Å²) in [6.45, 7) is -0.196. The maximum atomic E-state index is 11.7. The Morgan fingerprint density at radius 2 is 1.90 bits per heavy atom. The quantitative estimate of drug-likeness (QED) is 0.545. The molecule has 0 radical (unpaired) electrons. The number of carbonyl (C=O) groups is 1. The van der Waals surface area contributed by atoms with Gasteiger partial charge in [0, 0.05) is 11.1 Å². The van der Waals surface area contributed by atoms with Gasteiger partial charge in [-0.3, -0.25) is 0 Å². The Balaban J connectivity index is 1.59. The molecule has 0 aliphatic rings. The van der Waals surface area contributed by atoms with Crippen molar-refractivity contribution in [3.63, 3.8) is 0 Å². The molecule has 3 aromatic rings. The van der Waals surface area contributed by atoms with Crippen molar-refractivity contribution in [3.8, 4) is 11.5 Å². The number of hydrogen-bond acceptors (Lipinski definition) is 5. The monoisotopic (exact) mass is 303 g/mol. The number of carbonyl (C=O) groups excluding carboxylic acids is 1. The lowest BCUT2D eigenvalue weighted by molar-refractivity contribution is -0.136. The minimum absolute atomic E-state index is 0.196. The molecule has 0 aliphatic heterocycles. The molecule has 1 heterocycles. The van der Waals surface area contributed by atoms with Crippen molar-refractivity contribution in [2.45, 2.75) is 0 Å². The average Bonchev–Trinajstić information content (AvgIpc) is 2.94. The molecule has 21 heavy (non-hydrogen) atoms. The smallest absolute Gasteiger partial charge is 0.349 e. The van der Waals surface area contributed by atoms with Crippen LogP contribution in [-0.4, -0.2) is 17.6 Å². The molecular weight excluding hydrogens is 294 g/mol. The van der Waals surface area contributed by atoms with Gasteiger partial charge in [0.1, 0.15) is 17.0 Å². The van der Waals surface area contributed by atoms with Crippen LogP contribution in [0.4, 0.5) is 0 Å². The van der Waals surface area contributed by atoms with Crippen molar-refractivity contribution >= 4 is 28.7 Å². The van der Waals surface area contributed by atoms with Gasteiger partial charge in [0.2, 0.25) is 0 Å². The second-order valence-electron chi connectivity index (χ2n) is 4.20. The van der Waals surface area contributed by atoms with E-state index in [-0.39, 0.29) is 6.61 Å². The van der Waals surface area contributed by atoms with Crippen LogP contribution < -0.4 is 9.47 Å². The first-order valence-corrected chi connectivity index (χ1v) is 6.51. The molecule has 0 saturated heterocycles. The Bertz CT molecular complexity index is 767. The number of benzene rings is 2. The minimum atomic E-state index is -0.507. The second-order valence-corrected chi connectivity index (χ2v) is 4.63. The SMILES string of the molecule is O=C(COc1ccc(Cl)cc1)Oc1ccc2ocnc2c1. The molecule has 0 spiro atoms. The summed E-state index contributed by atoms with van der Waals surface area (Å²) in [5.41, 5.74) is 1.26. The highest BCUT2D eigenvalue weighted by atomic mass is 35.5. The van der Waals surface area contributed by atoms with Crippen LogP contribution in [0.25, 0.3) is 11.1 Å². The normalized spacial score (nSPS) is 10.5.